The molecule has 1 unspecified atom stereocenters. The van der Waals surface area contributed by atoms with Gasteiger partial charge in [0.2, 0.25) is 0 Å². The second-order valence-electron chi connectivity index (χ2n) is 5.39. The Kier molecular flexibility index (Phi) is 5.60. The van der Waals surface area contributed by atoms with Crippen LogP contribution >= 0.6 is 0 Å². The Morgan fingerprint density at radius 2 is 1.94 bits per heavy atom. The molecule has 0 aromatic heterocycles. The van der Waals surface area contributed by atoms with E-state index in [2.05, 4.69) is 38.0 Å². The summed E-state index contributed by atoms with van der Waals surface area (Å²) in [7, 11) is 3.96. The van der Waals surface area contributed by atoms with E-state index >= 15 is 0 Å². The lowest BCUT2D eigenvalue weighted by Gasteiger charge is -2.30. The summed E-state index contributed by atoms with van der Waals surface area (Å²) in [6.45, 7) is 7.35. The largest absolute Gasteiger partial charge is 0.372 e. The van der Waals surface area contributed by atoms with Crippen LogP contribution in [0.25, 0.3) is 0 Å². The van der Waals surface area contributed by atoms with E-state index in [1.165, 1.54) is 6.07 Å². The van der Waals surface area contributed by atoms with E-state index in [1.807, 2.05) is 13.1 Å². The number of hydrogen-bond acceptors (Lipinski definition) is 2. The van der Waals surface area contributed by atoms with Gasteiger partial charge in [0, 0.05) is 25.3 Å². The highest BCUT2D eigenvalue weighted by molar-refractivity contribution is 5.54. The number of hydrogen-bond donors (Lipinski definition) is 1. The molecule has 1 aromatic rings. The number of anilines is 1. The summed E-state index contributed by atoms with van der Waals surface area (Å²) < 4.78 is 13.3. The molecule has 3 heteroatoms. The van der Waals surface area contributed by atoms with Crippen LogP contribution in [0, 0.1) is 11.7 Å². The van der Waals surface area contributed by atoms with Crippen LogP contribution in [0.2, 0.25) is 0 Å². The quantitative estimate of drug-likeness (QED) is 0.834. The molecule has 102 valence electrons. The van der Waals surface area contributed by atoms with Gasteiger partial charge in [0.15, 0.2) is 0 Å². The van der Waals surface area contributed by atoms with Crippen LogP contribution in [0.15, 0.2) is 18.2 Å². The molecule has 0 aliphatic carbocycles. The fourth-order valence-corrected chi connectivity index (χ4v) is 2.31. The first kappa shape index (κ1) is 15.0. The lowest BCUT2D eigenvalue weighted by Crippen LogP contribution is -2.31. The summed E-state index contributed by atoms with van der Waals surface area (Å²) in [5, 5.41) is 3.09. The van der Waals surface area contributed by atoms with E-state index in [1.54, 1.807) is 6.07 Å². The van der Waals surface area contributed by atoms with Crippen LogP contribution in [0.5, 0.6) is 0 Å². The van der Waals surface area contributed by atoms with Crippen molar-refractivity contribution in [3.63, 3.8) is 0 Å². The van der Waals surface area contributed by atoms with E-state index in [4.69, 9.17) is 0 Å². The molecule has 0 heterocycles. The lowest BCUT2D eigenvalue weighted by atomic mass is 10.0. The summed E-state index contributed by atoms with van der Waals surface area (Å²) in [4.78, 5) is 2.24. The molecular weight excluding hydrogens is 227 g/mol. The SMILES string of the molecule is CNCc1cc(F)ccc1N(C)C(C)CC(C)C. The number of halogens is 1. The van der Waals surface area contributed by atoms with Crippen LogP contribution in [-0.4, -0.2) is 20.1 Å². The van der Waals surface area contributed by atoms with Gasteiger partial charge in [-0.25, -0.2) is 4.39 Å². The molecule has 0 saturated heterocycles. The van der Waals surface area contributed by atoms with Gasteiger partial charge in [-0.1, -0.05) is 13.8 Å². The zero-order chi connectivity index (χ0) is 13.7. The standard InChI is InChI=1S/C15H25FN2/c1-11(2)8-12(3)18(5)15-7-6-14(16)9-13(15)10-17-4/h6-7,9,11-12,17H,8,10H2,1-5H3. The van der Waals surface area contributed by atoms with Crippen molar-refractivity contribution in [1.82, 2.24) is 5.32 Å². The van der Waals surface area contributed by atoms with Crippen molar-refractivity contribution in [2.75, 3.05) is 19.0 Å². The van der Waals surface area contributed by atoms with Crippen LogP contribution in [-0.2, 0) is 6.54 Å². The smallest absolute Gasteiger partial charge is 0.123 e. The van der Waals surface area contributed by atoms with Crippen molar-refractivity contribution < 1.29 is 4.39 Å². The molecule has 1 aromatic carbocycles. The molecule has 1 atom stereocenters. The second-order valence-corrected chi connectivity index (χ2v) is 5.39. The van der Waals surface area contributed by atoms with Crippen LogP contribution in [0.4, 0.5) is 10.1 Å². The van der Waals surface area contributed by atoms with Gasteiger partial charge in [-0.15, -0.1) is 0 Å². The summed E-state index contributed by atoms with van der Waals surface area (Å²) in [5.74, 6) is 0.490. The number of benzene rings is 1. The van der Waals surface area contributed by atoms with E-state index in [-0.39, 0.29) is 5.82 Å². The van der Waals surface area contributed by atoms with E-state index in [0.717, 1.165) is 17.7 Å². The Labute approximate surface area is 110 Å². The number of nitrogens with zero attached hydrogens (tertiary/aromatic N) is 1. The summed E-state index contributed by atoms with van der Waals surface area (Å²) in [5.41, 5.74) is 2.12. The molecule has 0 fully saturated rings. The molecule has 0 radical (unpaired) electrons. The van der Waals surface area contributed by atoms with Gasteiger partial charge in [0.1, 0.15) is 5.82 Å². The third-order valence-electron chi connectivity index (χ3n) is 3.26. The van der Waals surface area contributed by atoms with Gasteiger partial charge in [-0.3, -0.25) is 0 Å². The Balaban J connectivity index is 2.93. The van der Waals surface area contributed by atoms with Gasteiger partial charge in [0.05, 0.1) is 0 Å². The Hall–Kier alpha value is -1.09. The van der Waals surface area contributed by atoms with Crippen molar-refractivity contribution >= 4 is 5.69 Å². The highest BCUT2D eigenvalue weighted by Gasteiger charge is 2.15. The lowest BCUT2D eigenvalue weighted by molar-refractivity contribution is 0.503. The fourth-order valence-electron chi connectivity index (χ4n) is 2.31. The van der Waals surface area contributed by atoms with Crippen LogP contribution in [0.1, 0.15) is 32.8 Å². The van der Waals surface area contributed by atoms with Gasteiger partial charge in [-0.05, 0) is 50.1 Å². The van der Waals surface area contributed by atoms with E-state index in [0.29, 0.717) is 18.5 Å². The predicted molar refractivity (Wildman–Crippen MR) is 76.5 cm³/mol. The molecule has 2 nitrogen and oxygen atoms in total. The molecule has 0 aliphatic rings. The minimum Gasteiger partial charge on any atom is -0.372 e. The maximum atomic E-state index is 13.3. The van der Waals surface area contributed by atoms with Crippen molar-refractivity contribution in [2.24, 2.45) is 5.92 Å². The van der Waals surface area contributed by atoms with Gasteiger partial charge < -0.3 is 10.2 Å². The molecule has 0 spiro atoms. The Morgan fingerprint density at radius 3 is 2.50 bits per heavy atom. The first-order chi connectivity index (χ1) is 8.45. The second kappa shape index (κ2) is 6.74. The van der Waals surface area contributed by atoms with Crippen molar-refractivity contribution in [2.45, 2.75) is 39.8 Å². The third kappa shape index (κ3) is 3.98. The topological polar surface area (TPSA) is 15.3 Å². The molecular formula is C15H25FN2. The van der Waals surface area contributed by atoms with E-state index < -0.39 is 0 Å². The average molecular weight is 252 g/mol. The number of nitrogens with one attached hydrogen (secondary N) is 1. The summed E-state index contributed by atoms with van der Waals surface area (Å²) in [6, 6.07) is 5.47. The zero-order valence-electron chi connectivity index (χ0n) is 12.1. The summed E-state index contributed by atoms with van der Waals surface area (Å²) in [6.07, 6.45) is 1.13. The zero-order valence-corrected chi connectivity index (χ0v) is 12.1. The van der Waals surface area contributed by atoms with Crippen molar-refractivity contribution in [3.8, 4) is 0 Å². The molecule has 0 bridgehead atoms. The normalized spacial score (nSPS) is 12.8. The highest BCUT2D eigenvalue weighted by Crippen LogP contribution is 2.24. The van der Waals surface area contributed by atoms with Crippen LogP contribution in [0.3, 0.4) is 0 Å². The molecule has 0 amide bonds. The third-order valence-corrected chi connectivity index (χ3v) is 3.26. The number of rotatable bonds is 6. The molecule has 1 N–H and O–H groups in total. The van der Waals surface area contributed by atoms with E-state index in [9.17, 15) is 4.39 Å². The maximum Gasteiger partial charge on any atom is 0.123 e. The van der Waals surface area contributed by atoms with Crippen LogP contribution < -0.4 is 10.2 Å². The Bertz CT molecular complexity index is 377. The first-order valence-electron chi connectivity index (χ1n) is 6.61. The predicted octanol–water partition coefficient (Wildman–Crippen LogP) is 3.42. The minimum absolute atomic E-state index is 0.172. The van der Waals surface area contributed by atoms with Gasteiger partial charge in [0.25, 0.3) is 0 Å². The van der Waals surface area contributed by atoms with Gasteiger partial charge >= 0.3 is 0 Å². The minimum atomic E-state index is -0.172. The molecule has 0 aliphatic heterocycles. The molecule has 18 heavy (non-hydrogen) atoms. The van der Waals surface area contributed by atoms with Crippen molar-refractivity contribution in [3.05, 3.63) is 29.6 Å². The maximum absolute atomic E-state index is 13.3. The molecule has 0 saturated carbocycles. The van der Waals surface area contributed by atoms with Gasteiger partial charge in [-0.2, -0.15) is 0 Å². The average Bonchev–Trinajstić information content (AvgIpc) is 2.28. The summed E-state index contributed by atoms with van der Waals surface area (Å²) >= 11 is 0. The first-order valence-corrected chi connectivity index (χ1v) is 6.61. The van der Waals surface area contributed by atoms with Crippen molar-refractivity contribution in [1.29, 1.82) is 0 Å². The highest BCUT2D eigenvalue weighted by atomic mass is 19.1. The molecule has 1 rings (SSSR count). The monoisotopic (exact) mass is 252 g/mol. The fraction of sp³-hybridized carbons (Fsp3) is 0.600. The Morgan fingerprint density at radius 1 is 1.28 bits per heavy atom.